The second-order valence-corrected chi connectivity index (χ2v) is 5.54. The maximum Gasteiger partial charge on any atom is 0.340 e. The number of esters is 1. The molecule has 1 heterocycles. The van der Waals surface area contributed by atoms with Crippen LogP contribution in [0.5, 0.6) is 0 Å². The third-order valence-electron chi connectivity index (χ3n) is 3.73. The fourth-order valence-corrected chi connectivity index (χ4v) is 2.65. The number of aromatic amines is 1. The Hall–Kier alpha value is -2.07. The van der Waals surface area contributed by atoms with Crippen LogP contribution in [0.1, 0.15) is 45.4 Å². The van der Waals surface area contributed by atoms with Crippen LogP contribution in [-0.2, 0) is 17.8 Å². The normalized spacial score (nSPS) is 10.7. The van der Waals surface area contributed by atoms with Gasteiger partial charge in [0.05, 0.1) is 12.2 Å². The van der Waals surface area contributed by atoms with E-state index in [0.29, 0.717) is 18.7 Å². The van der Waals surface area contributed by atoms with Gasteiger partial charge in [0.2, 0.25) is 0 Å². The van der Waals surface area contributed by atoms with Crippen molar-refractivity contribution in [2.24, 2.45) is 0 Å². The summed E-state index contributed by atoms with van der Waals surface area (Å²) in [6.07, 6.45) is 0. The minimum absolute atomic E-state index is 0.251. The van der Waals surface area contributed by atoms with Crippen molar-refractivity contribution in [2.75, 3.05) is 6.61 Å². The average Bonchev–Trinajstić information content (AvgIpc) is 2.74. The topological polar surface area (TPSA) is 54.1 Å². The number of hydrogen-bond donors (Lipinski definition) is 2. The first-order valence-electron chi connectivity index (χ1n) is 7.64. The van der Waals surface area contributed by atoms with Gasteiger partial charge in [-0.05, 0) is 38.8 Å². The highest BCUT2D eigenvalue weighted by molar-refractivity contribution is 5.92. The highest BCUT2D eigenvalue weighted by Crippen LogP contribution is 2.19. The first-order valence-corrected chi connectivity index (χ1v) is 7.64. The molecule has 0 fully saturated rings. The van der Waals surface area contributed by atoms with Gasteiger partial charge in [-0.2, -0.15) is 0 Å². The van der Waals surface area contributed by atoms with Crippen LogP contribution in [0, 0.1) is 20.8 Å². The fourth-order valence-electron chi connectivity index (χ4n) is 2.65. The number of ether oxygens (including phenoxy) is 1. The van der Waals surface area contributed by atoms with E-state index < -0.39 is 0 Å². The highest BCUT2D eigenvalue weighted by Gasteiger charge is 2.18. The summed E-state index contributed by atoms with van der Waals surface area (Å²) < 4.78 is 5.11. The van der Waals surface area contributed by atoms with Gasteiger partial charge in [0.15, 0.2) is 0 Å². The summed E-state index contributed by atoms with van der Waals surface area (Å²) >= 11 is 0. The Bertz CT molecular complexity index is 659. The van der Waals surface area contributed by atoms with Crippen molar-refractivity contribution in [1.29, 1.82) is 0 Å². The molecule has 0 bridgehead atoms. The SMILES string of the molecule is CCOC(=O)c1c(C)[nH]c(CNCc2cccc(C)c2)c1C. The van der Waals surface area contributed by atoms with E-state index in [9.17, 15) is 4.79 Å². The summed E-state index contributed by atoms with van der Waals surface area (Å²) in [5.74, 6) is -0.251. The molecular weight excluding hydrogens is 276 g/mol. The van der Waals surface area contributed by atoms with Gasteiger partial charge in [-0.25, -0.2) is 4.79 Å². The van der Waals surface area contributed by atoms with Gasteiger partial charge in [-0.3, -0.25) is 0 Å². The van der Waals surface area contributed by atoms with Gasteiger partial charge in [-0.1, -0.05) is 29.8 Å². The monoisotopic (exact) mass is 300 g/mol. The Morgan fingerprint density at radius 1 is 1.23 bits per heavy atom. The number of nitrogens with one attached hydrogen (secondary N) is 2. The highest BCUT2D eigenvalue weighted by atomic mass is 16.5. The van der Waals surface area contributed by atoms with E-state index in [-0.39, 0.29) is 5.97 Å². The van der Waals surface area contributed by atoms with Crippen LogP contribution >= 0.6 is 0 Å². The number of carbonyl (C=O) groups excluding carboxylic acids is 1. The molecule has 0 aliphatic carbocycles. The van der Waals surface area contributed by atoms with Crippen LogP contribution in [-0.4, -0.2) is 17.6 Å². The lowest BCUT2D eigenvalue weighted by Crippen LogP contribution is -2.14. The zero-order valence-corrected chi connectivity index (χ0v) is 13.7. The molecule has 0 atom stereocenters. The summed E-state index contributed by atoms with van der Waals surface area (Å²) in [6.45, 7) is 9.66. The second kappa shape index (κ2) is 7.27. The quantitative estimate of drug-likeness (QED) is 0.804. The standard InChI is InChI=1S/C18H24N2O2/c1-5-22-18(21)17-13(3)16(20-14(17)4)11-19-10-15-8-6-7-12(2)9-15/h6-9,19-20H,5,10-11H2,1-4H3. The minimum atomic E-state index is -0.251. The molecule has 22 heavy (non-hydrogen) atoms. The van der Waals surface area contributed by atoms with Crippen LogP contribution in [0.25, 0.3) is 0 Å². The van der Waals surface area contributed by atoms with Gasteiger partial charge < -0.3 is 15.0 Å². The molecule has 1 aromatic heterocycles. The molecule has 0 radical (unpaired) electrons. The predicted molar refractivity (Wildman–Crippen MR) is 87.9 cm³/mol. The zero-order valence-electron chi connectivity index (χ0n) is 13.7. The van der Waals surface area contributed by atoms with Crippen LogP contribution in [0.15, 0.2) is 24.3 Å². The van der Waals surface area contributed by atoms with Crippen molar-refractivity contribution in [3.8, 4) is 0 Å². The molecule has 1 aromatic carbocycles. The van der Waals surface area contributed by atoms with E-state index in [0.717, 1.165) is 23.5 Å². The van der Waals surface area contributed by atoms with Crippen molar-refractivity contribution < 1.29 is 9.53 Å². The van der Waals surface area contributed by atoms with Gasteiger partial charge >= 0.3 is 5.97 Å². The Labute approximate surface area is 131 Å². The molecule has 2 rings (SSSR count). The first kappa shape index (κ1) is 16.3. The van der Waals surface area contributed by atoms with Crippen molar-refractivity contribution in [2.45, 2.75) is 40.8 Å². The van der Waals surface area contributed by atoms with E-state index in [2.05, 4.69) is 41.5 Å². The molecule has 118 valence electrons. The Balaban J connectivity index is 2.02. The third-order valence-corrected chi connectivity index (χ3v) is 3.73. The number of H-pyrrole nitrogens is 1. The molecule has 0 spiro atoms. The smallest absolute Gasteiger partial charge is 0.340 e. The molecule has 2 N–H and O–H groups in total. The van der Waals surface area contributed by atoms with Crippen LogP contribution in [0.4, 0.5) is 0 Å². The lowest BCUT2D eigenvalue weighted by molar-refractivity contribution is 0.0525. The molecular formula is C18H24N2O2. The van der Waals surface area contributed by atoms with E-state index >= 15 is 0 Å². The maximum atomic E-state index is 12.0. The van der Waals surface area contributed by atoms with E-state index in [1.54, 1.807) is 0 Å². The molecule has 0 saturated carbocycles. The second-order valence-electron chi connectivity index (χ2n) is 5.54. The van der Waals surface area contributed by atoms with Gasteiger partial charge in [0.25, 0.3) is 0 Å². The largest absolute Gasteiger partial charge is 0.462 e. The number of carbonyl (C=O) groups is 1. The average molecular weight is 300 g/mol. The number of aryl methyl sites for hydroxylation is 2. The maximum absolute atomic E-state index is 12.0. The number of rotatable bonds is 6. The zero-order chi connectivity index (χ0) is 16.1. The van der Waals surface area contributed by atoms with E-state index in [1.165, 1.54) is 11.1 Å². The molecule has 0 aliphatic heterocycles. The van der Waals surface area contributed by atoms with Gasteiger partial charge in [0.1, 0.15) is 0 Å². The van der Waals surface area contributed by atoms with Crippen molar-refractivity contribution in [1.82, 2.24) is 10.3 Å². The van der Waals surface area contributed by atoms with Crippen molar-refractivity contribution >= 4 is 5.97 Å². The lowest BCUT2D eigenvalue weighted by Gasteiger charge is -2.06. The first-order chi connectivity index (χ1) is 10.5. The lowest BCUT2D eigenvalue weighted by atomic mass is 10.1. The van der Waals surface area contributed by atoms with Crippen molar-refractivity contribution in [3.05, 3.63) is 57.9 Å². The minimum Gasteiger partial charge on any atom is -0.462 e. The molecule has 0 aliphatic rings. The number of benzene rings is 1. The molecule has 0 unspecified atom stereocenters. The van der Waals surface area contributed by atoms with Crippen LogP contribution in [0.2, 0.25) is 0 Å². The predicted octanol–water partition coefficient (Wildman–Crippen LogP) is 3.41. The summed E-state index contributed by atoms with van der Waals surface area (Å²) in [4.78, 5) is 15.3. The Morgan fingerprint density at radius 2 is 2.00 bits per heavy atom. The Morgan fingerprint density at radius 3 is 2.68 bits per heavy atom. The summed E-state index contributed by atoms with van der Waals surface area (Å²) in [5.41, 5.74) is 6.04. The molecule has 0 amide bonds. The fraction of sp³-hybridized carbons (Fsp3) is 0.389. The van der Waals surface area contributed by atoms with E-state index in [4.69, 9.17) is 4.74 Å². The van der Waals surface area contributed by atoms with Crippen LogP contribution < -0.4 is 5.32 Å². The summed E-state index contributed by atoms with van der Waals surface area (Å²) in [6, 6.07) is 8.43. The Kier molecular flexibility index (Phi) is 5.39. The number of hydrogen-bond acceptors (Lipinski definition) is 3. The van der Waals surface area contributed by atoms with Crippen molar-refractivity contribution in [3.63, 3.8) is 0 Å². The third kappa shape index (κ3) is 3.77. The molecule has 4 nitrogen and oxygen atoms in total. The molecule has 2 aromatic rings. The van der Waals surface area contributed by atoms with Gasteiger partial charge in [-0.15, -0.1) is 0 Å². The molecule has 4 heteroatoms. The van der Waals surface area contributed by atoms with E-state index in [1.807, 2.05) is 20.8 Å². The molecule has 0 saturated heterocycles. The summed E-state index contributed by atoms with van der Waals surface area (Å²) in [7, 11) is 0. The number of aromatic nitrogens is 1. The van der Waals surface area contributed by atoms with Gasteiger partial charge in [0, 0.05) is 24.5 Å². The summed E-state index contributed by atoms with van der Waals surface area (Å²) in [5, 5.41) is 3.41. The van der Waals surface area contributed by atoms with Crippen LogP contribution in [0.3, 0.4) is 0 Å².